The Bertz CT molecular complexity index is 1180. The zero-order valence-electron chi connectivity index (χ0n) is 16.6. The van der Waals surface area contributed by atoms with Crippen molar-refractivity contribution in [3.8, 4) is 10.6 Å². The Hall–Kier alpha value is -2.26. The molecule has 6 nitrogen and oxygen atoms in total. The minimum absolute atomic E-state index is 0. The molecule has 1 aliphatic rings. The van der Waals surface area contributed by atoms with E-state index in [2.05, 4.69) is 28.4 Å². The Morgan fingerprint density at radius 2 is 2.13 bits per heavy atom. The highest BCUT2D eigenvalue weighted by Gasteiger charge is 2.28. The van der Waals surface area contributed by atoms with E-state index in [1.54, 1.807) is 35.7 Å². The third-order valence-electron chi connectivity index (χ3n) is 5.17. The zero-order chi connectivity index (χ0) is 20.0. The number of para-hydroxylation sites is 1. The lowest BCUT2D eigenvalue weighted by molar-refractivity contribution is 0.0988. The van der Waals surface area contributed by atoms with Crippen molar-refractivity contribution in [1.82, 2.24) is 15.0 Å². The van der Waals surface area contributed by atoms with E-state index in [0.29, 0.717) is 5.69 Å². The third-order valence-corrected chi connectivity index (χ3v) is 7.36. The van der Waals surface area contributed by atoms with E-state index in [1.165, 1.54) is 10.4 Å². The Kier molecular flexibility index (Phi) is 5.92. The average Bonchev–Trinajstić information content (AvgIpc) is 3.42. The van der Waals surface area contributed by atoms with Crippen LogP contribution in [0.15, 0.2) is 34.9 Å². The van der Waals surface area contributed by atoms with Crippen LogP contribution in [-0.4, -0.2) is 34.0 Å². The van der Waals surface area contributed by atoms with E-state index in [4.69, 9.17) is 9.51 Å². The van der Waals surface area contributed by atoms with E-state index >= 15 is 0 Å². The molecule has 0 saturated heterocycles. The van der Waals surface area contributed by atoms with Crippen molar-refractivity contribution in [1.29, 1.82) is 0 Å². The molecule has 0 radical (unpaired) electrons. The molecule has 0 saturated carbocycles. The van der Waals surface area contributed by atoms with Gasteiger partial charge in [-0.25, -0.2) is 4.98 Å². The van der Waals surface area contributed by atoms with Crippen molar-refractivity contribution in [2.75, 3.05) is 18.4 Å². The normalized spacial score (nSPS) is 13.8. The summed E-state index contributed by atoms with van der Waals surface area (Å²) in [5.74, 6) is -0.0572. The minimum Gasteiger partial charge on any atom is -0.351 e. The number of halogens is 1. The van der Waals surface area contributed by atoms with Crippen LogP contribution in [0.5, 0.6) is 0 Å². The smallest absolute Gasteiger partial charge is 0.294 e. The van der Waals surface area contributed by atoms with Crippen LogP contribution in [0.25, 0.3) is 20.8 Å². The maximum absolute atomic E-state index is 12.8. The Morgan fingerprint density at radius 3 is 2.87 bits per heavy atom. The predicted octanol–water partition coefficient (Wildman–Crippen LogP) is 5.37. The molecule has 1 N–H and O–H groups in total. The van der Waals surface area contributed by atoms with Crippen LogP contribution in [0.2, 0.25) is 0 Å². The van der Waals surface area contributed by atoms with Gasteiger partial charge in [0.25, 0.3) is 5.91 Å². The lowest BCUT2D eigenvalue weighted by Crippen LogP contribution is -2.29. The van der Waals surface area contributed by atoms with Crippen LogP contribution in [-0.2, 0) is 13.0 Å². The van der Waals surface area contributed by atoms with Gasteiger partial charge < -0.3 is 9.84 Å². The minimum atomic E-state index is -0.279. The maximum Gasteiger partial charge on any atom is 0.294 e. The van der Waals surface area contributed by atoms with E-state index in [1.807, 2.05) is 18.2 Å². The molecular weight excluding hydrogens is 440 g/mol. The highest BCUT2D eigenvalue weighted by molar-refractivity contribution is 7.22. The van der Waals surface area contributed by atoms with Crippen molar-refractivity contribution in [3.05, 3.63) is 52.2 Å². The number of nitrogens with one attached hydrogen (secondary N) is 1. The summed E-state index contributed by atoms with van der Waals surface area (Å²) in [6.45, 7) is 6.93. The second-order valence-corrected chi connectivity index (χ2v) is 9.24. The topological polar surface area (TPSA) is 71.3 Å². The summed E-state index contributed by atoms with van der Waals surface area (Å²) in [6, 6.07) is 9.80. The second-order valence-electron chi connectivity index (χ2n) is 7.10. The number of thiazole rings is 1. The fourth-order valence-corrected chi connectivity index (χ4v) is 6.05. The molecule has 0 spiro atoms. The molecule has 0 unspecified atom stereocenters. The number of fused-ring (bicyclic) bond motifs is 2. The average molecular weight is 461 g/mol. The van der Waals surface area contributed by atoms with E-state index in [9.17, 15) is 4.79 Å². The number of hydrogen-bond acceptors (Lipinski definition) is 7. The van der Waals surface area contributed by atoms with Gasteiger partial charge in [-0.05, 0) is 37.6 Å². The molecule has 0 atom stereocenters. The van der Waals surface area contributed by atoms with E-state index < -0.39 is 0 Å². The number of carbonyl (C=O) groups excluding carboxylic acids is 1. The first-order chi connectivity index (χ1) is 14.1. The SMILES string of the molecule is CCN1CCc2c(sc(NC(=O)c3cc(C)no3)c2-c2nc3ccccc3s2)C1.Cl. The van der Waals surface area contributed by atoms with Gasteiger partial charge in [0.05, 0.1) is 15.9 Å². The highest BCUT2D eigenvalue weighted by atomic mass is 35.5. The number of aryl methyl sites for hydroxylation is 1. The van der Waals surface area contributed by atoms with Gasteiger partial charge in [-0.15, -0.1) is 35.1 Å². The van der Waals surface area contributed by atoms with Gasteiger partial charge in [-0.3, -0.25) is 9.69 Å². The van der Waals surface area contributed by atoms with Crippen LogP contribution in [0.4, 0.5) is 5.00 Å². The van der Waals surface area contributed by atoms with Gasteiger partial charge in [0.15, 0.2) is 0 Å². The standard InChI is InChI=1S/C21H20N4O2S2.ClH/c1-3-25-9-8-13-17(11-25)29-21(23-19(26)15-10-12(2)24-27-15)18(13)20-22-14-6-4-5-7-16(14)28-20;/h4-7,10H,3,8-9,11H2,1-2H3,(H,23,26);1H. The fourth-order valence-electron chi connectivity index (χ4n) is 3.66. The summed E-state index contributed by atoms with van der Waals surface area (Å²) in [5.41, 5.74) is 4.04. The van der Waals surface area contributed by atoms with Crippen LogP contribution >= 0.6 is 35.1 Å². The van der Waals surface area contributed by atoms with Crippen molar-refractivity contribution < 1.29 is 9.32 Å². The van der Waals surface area contributed by atoms with Crippen LogP contribution in [0, 0.1) is 6.92 Å². The molecule has 4 aromatic rings. The van der Waals surface area contributed by atoms with Crippen molar-refractivity contribution >= 4 is 56.2 Å². The molecule has 1 aliphatic heterocycles. The first-order valence-electron chi connectivity index (χ1n) is 9.60. The van der Waals surface area contributed by atoms with Crippen LogP contribution in [0.1, 0.15) is 33.6 Å². The molecule has 30 heavy (non-hydrogen) atoms. The van der Waals surface area contributed by atoms with E-state index in [-0.39, 0.29) is 24.1 Å². The number of carbonyl (C=O) groups is 1. The molecule has 5 rings (SSSR count). The van der Waals surface area contributed by atoms with Crippen LogP contribution < -0.4 is 5.32 Å². The van der Waals surface area contributed by atoms with Crippen molar-refractivity contribution in [2.24, 2.45) is 0 Å². The van der Waals surface area contributed by atoms with Gasteiger partial charge in [0.1, 0.15) is 10.0 Å². The molecule has 0 aliphatic carbocycles. The van der Waals surface area contributed by atoms with Gasteiger partial charge in [0.2, 0.25) is 5.76 Å². The molecule has 0 fully saturated rings. The van der Waals surface area contributed by atoms with Gasteiger partial charge in [-0.1, -0.05) is 24.2 Å². The molecule has 0 bridgehead atoms. The molecule has 1 aromatic carbocycles. The summed E-state index contributed by atoms with van der Waals surface area (Å²) in [4.78, 5) is 21.3. The van der Waals surface area contributed by atoms with Gasteiger partial charge in [-0.2, -0.15) is 0 Å². The number of amides is 1. The Morgan fingerprint density at radius 1 is 1.30 bits per heavy atom. The molecule has 156 valence electrons. The number of aromatic nitrogens is 2. The first kappa shape index (κ1) is 21.0. The zero-order valence-corrected chi connectivity index (χ0v) is 19.0. The van der Waals surface area contributed by atoms with Crippen LogP contribution in [0.3, 0.4) is 0 Å². The van der Waals surface area contributed by atoms with Crippen molar-refractivity contribution in [2.45, 2.75) is 26.8 Å². The highest BCUT2D eigenvalue weighted by Crippen LogP contribution is 2.45. The number of rotatable bonds is 4. The molecule has 4 heterocycles. The second kappa shape index (κ2) is 8.47. The fraction of sp³-hybridized carbons (Fsp3) is 0.286. The van der Waals surface area contributed by atoms with E-state index in [0.717, 1.165) is 51.8 Å². The first-order valence-corrected chi connectivity index (χ1v) is 11.2. The lowest BCUT2D eigenvalue weighted by atomic mass is 10.0. The number of benzene rings is 1. The third kappa shape index (κ3) is 3.76. The van der Waals surface area contributed by atoms with Gasteiger partial charge in [0, 0.05) is 29.6 Å². The summed E-state index contributed by atoms with van der Waals surface area (Å²) in [5, 5.41) is 8.69. The summed E-state index contributed by atoms with van der Waals surface area (Å²) in [7, 11) is 0. The largest absolute Gasteiger partial charge is 0.351 e. The van der Waals surface area contributed by atoms with Crippen molar-refractivity contribution in [3.63, 3.8) is 0 Å². The Balaban J connectivity index is 0.00000218. The molecule has 1 amide bonds. The molecule has 9 heteroatoms. The number of hydrogen-bond donors (Lipinski definition) is 1. The molecule has 3 aromatic heterocycles. The number of likely N-dealkylation sites (N-methyl/N-ethyl adjacent to an activating group) is 1. The number of thiophene rings is 1. The monoisotopic (exact) mass is 460 g/mol. The summed E-state index contributed by atoms with van der Waals surface area (Å²) < 4.78 is 6.30. The summed E-state index contributed by atoms with van der Waals surface area (Å²) >= 11 is 3.32. The number of anilines is 1. The molecular formula is C21H21ClN4O2S2. The maximum atomic E-state index is 12.8. The number of nitrogens with zero attached hydrogens (tertiary/aromatic N) is 3. The predicted molar refractivity (Wildman–Crippen MR) is 124 cm³/mol. The lowest BCUT2D eigenvalue weighted by Gasteiger charge is -2.25. The van der Waals surface area contributed by atoms with Gasteiger partial charge >= 0.3 is 0 Å². The summed E-state index contributed by atoms with van der Waals surface area (Å²) in [6.07, 6.45) is 0.961. The quantitative estimate of drug-likeness (QED) is 0.443. The Labute approximate surface area is 188 Å².